The standard InChI is InChI=1S/C15H11NO5S/c17-15(18)12-4-1-5-14-13(12)7-11(22(14,19)20)9-21-10-3-2-6-16-8-10/h1-8H,9H2,(H,17,18). The number of aromatic nitrogens is 1. The van der Waals surface area contributed by atoms with Crippen molar-refractivity contribution in [3.63, 3.8) is 0 Å². The van der Waals surface area contributed by atoms with Crippen LogP contribution in [0.25, 0.3) is 6.08 Å². The summed E-state index contributed by atoms with van der Waals surface area (Å²) in [6.45, 7) is -0.179. The maximum Gasteiger partial charge on any atom is 0.336 e. The first-order valence-electron chi connectivity index (χ1n) is 6.35. The van der Waals surface area contributed by atoms with E-state index in [4.69, 9.17) is 9.84 Å². The SMILES string of the molecule is O=C(O)c1cccc2c1C=C(COc1cccnc1)S2(=O)=O. The zero-order valence-electron chi connectivity index (χ0n) is 11.3. The number of aromatic carboxylic acids is 1. The average molecular weight is 317 g/mol. The third-order valence-electron chi connectivity index (χ3n) is 3.25. The molecule has 112 valence electrons. The van der Waals surface area contributed by atoms with E-state index in [0.29, 0.717) is 5.75 Å². The van der Waals surface area contributed by atoms with Crippen LogP contribution in [0.3, 0.4) is 0 Å². The molecule has 22 heavy (non-hydrogen) atoms. The van der Waals surface area contributed by atoms with Crippen molar-refractivity contribution in [2.75, 3.05) is 6.61 Å². The molecule has 6 nitrogen and oxygen atoms in total. The molecule has 0 spiro atoms. The highest BCUT2D eigenvalue weighted by molar-refractivity contribution is 7.95. The molecule has 0 saturated heterocycles. The first-order valence-corrected chi connectivity index (χ1v) is 7.83. The van der Waals surface area contributed by atoms with Gasteiger partial charge >= 0.3 is 5.97 Å². The van der Waals surface area contributed by atoms with Crippen molar-refractivity contribution in [1.29, 1.82) is 0 Å². The van der Waals surface area contributed by atoms with Crippen LogP contribution in [-0.2, 0) is 9.84 Å². The van der Waals surface area contributed by atoms with E-state index in [0.717, 1.165) is 0 Å². The fourth-order valence-electron chi connectivity index (χ4n) is 2.20. The summed E-state index contributed by atoms with van der Waals surface area (Å²) in [6.07, 6.45) is 4.40. The normalized spacial score (nSPS) is 15.0. The van der Waals surface area contributed by atoms with E-state index in [1.807, 2.05) is 0 Å². The number of pyridine rings is 1. The minimum Gasteiger partial charge on any atom is -0.487 e. The van der Waals surface area contributed by atoms with Crippen molar-refractivity contribution in [2.45, 2.75) is 4.90 Å². The fraction of sp³-hybridized carbons (Fsp3) is 0.0667. The van der Waals surface area contributed by atoms with Crippen LogP contribution >= 0.6 is 0 Å². The van der Waals surface area contributed by atoms with Gasteiger partial charge in [0.05, 0.1) is 21.6 Å². The number of carboxylic acid groups (broad SMARTS) is 1. The Morgan fingerprint density at radius 3 is 2.73 bits per heavy atom. The third-order valence-corrected chi connectivity index (χ3v) is 5.11. The summed E-state index contributed by atoms with van der Waals surface area (Å²) in [7, 11) is -3.72. The van der Waals surface area contributed by atoms with Gasteiger partial charge in [-0.3, -0.25) is 4.98 Å². The molecule has 0 radical (unpaired) electrons. The molecule has 1 aromatic carbocycles. The van der Waals surface area contributed by atoms with Gasteiger partial charge in [-0.2, -0.15) is 0 Å². The molecular formula is C15H11NO5S. The Kier molecular flexibility index (Phi) is 3.42. The number of carboxylic acids is 1. The number of ether oxygens (including phenoxy) is 1. The number of hydrogen-bond donors (Lipinski definition) is 1. The van der Waals surface area contributed by atoms with Gasteiger partial charge in [0.1, 0.15) is 12.4 Å². The molecule has 2 heterocycles. The summed E-state index contributed by atoms with van der Waals surface area (Å²) in [6, 6.07) is 7.51. The van der Waals surface area contributed by atoms with Crippen LogP contribution in [0.4, 0.5) is 0 Å². The van der Waals surface area contributed by atoms with Crippen molar-refractivity contribution >= 4 is 21.9 Å². The Bertz CT molecular complexity index is 872. The third kappa shape index (κ3) is 2.35. The zero-order chi connectivity index (χ0) is 15.7. The predicted molar refractivity (Wildman–Crippen MR) is 78.3 cm³/mol. The van der Waals surface area contributed by atoms with Crippen molar-refractivity contribution in [2.24, 2.45) is 0 Å². The van der Waals surface area contributed by atoms with Gasteiger partial charge in [0.2, 0.25) is 9.84 Å². The van der Waals surface area contributed by atoms with Crippen LogP contribution in [0.1, 0.15) is 15.9 Å². The summed E-state index contributed by atoms with van der Waals surface area (Å²) in [4.78, 5) is 15.1. The second kappa shape index (κ2) is 5.27. The molecule has 7 heteroatoms. The molecule has 0 saturated carbocycles. The van der Waals surface area contributed by atoms with E-state index in [1.54, 1.807) is 18.3 Å². The number of hydrogen-bond acceptors (Lipinski definition) is 5. The smallest absolute Gasteiger partial charge is 0.336 e. The van der Waals surface area contributed by atoms with Gasteiger partial charge in [-0.1, -0.05) is 6.07 Å². The molecule has 1 N–H and O–H groups in total. The molecule has 3 rings (SSSR count). The lowest BCUT2D eigenvalue weighted by Crippen LogP contribution is -2.09. The first-order chi connectivity index (χ1) is 10.5. The van der Waals surface area contributed by atoms with E-state index in [9.17, 15) is 13.2 Å². The molecule has 0 atom stereocenters. The first kappa shape index (κ1) is 14.3. The number of carbonyl (C=O) groups is 1. The maximum atomic E-state index is 12.4. The van der Waals surface area contributed by atoms with Gasteiger partial charge in [0, 0.05) is 11.8 Å². The Morgan fingerprint density at radius 2 is 2.05 bits per heavy atom. The number of fused-ring (bicyclic) bond motifs is 1. The van der Waals surface area contributed by atoms with E-state index < -0.39 is 15.8 Å². The van der Waals surface area contributed by atoms with Crippen molar-refractivity contribution in [3.8, 4) is 5.75 Å². The quantitative estimate of drug-likeness (QED) is 0.927. The highest BCUT2D eigenvalue weighted by Crippen LogP contribution is 2.35. The topological polar surface area (TPSA) is 93.6 Å². The number of nitrogens with zero attached hydrogens (tertiary/aromatic N) is 1. The Balaban J connectivity index is 1.95. The molecule has 0 fully saturated rings. The molecule has 0 bridgehead atoms. The van der Waals surface area contributed by atoms with Crippen molar-refractivity contribution in [3.05, 3.63) is 58.8 Å². The minimum atomic E-state index is -3.72. The van der Waals surface area contributed by atoms with Crippen LogP contribution < -0.4 is 4.74 Å². The molecule has 1 aliphatic rings. The highest BCUT2D eigenvalue weighted by atomic mass is 32.2. The van der Waals surface area contributed by atoms with Gasteiger partial charge in [-0.25, -0.2) is 13.2 Å². The fourth-order valence-corrected chi connectivity index (χ4v) is 3.69. The van der Waals surface area contributed by atoms with Crippen LogP contribution in [0.2, 0.25) is 0 Å². The molecule has 0 amide bonds. The van der Waals surface area contributed by atoms with E-state index in [2.05, 4.69) is 4.98 Å². The molecule has 0 unspecified atom stereocenters. The summed E-state index contributed by atoms with van der Waals surface area (Å²) >= 11 is 0. The van der Waals surface area contributed by atoms with Gasteiger partial charge in [0.15, 0.2) is 0 Å². The average Bonchev–Trinajstić information content (AvgIpc) is 2.77. The molecule has 1 aliphatic heterocycles. The minimum absolute atomic E-state index is 0.00260. The summed E-state index contributed by atoms with van der Waals surface area (Å²) in [5.41, 5.74) is 0.150. The molecular weight excluding hydrogens is 306 g/mol. The van der Waals surface area contributed by atoms with E-state index in [1.165, 1.54) is 30.5 Å². The van der Waals surface area contributed by atoms with Gasteiger partial charge in [-0.15, -0.1) is 0 Å². The number of rotatable bonds is 4. The predicted octanol–water partition coefficient (Wildman–Crippen LogP) is 1.99. The molecule has 1 aromatic heterocycles. The largest absolute Gasteiger partial charge is 0.487 e. The highest BCUT2D eigenvalue weighted by Gasteiger charge is 2.32. The molecule has 0 aliphatic carbocycles. The Hall–Kier alpha value is -2.67. The second-order valence-corrected chi connectivity index (χ2v) is 6.59. The van der Waals surface area contributed by atoms with Crippen molar-refractivity contribution in [1.82, 2.24) is 4.98 Å². The van der Waals surface area contributed by atoms with Crippen LogP contribution in [0.5, 0.6) is 5.75 Å². The van der Waals surface area contributed by atoms with Gasteiger partial charge in [-0.05, 0) is 30.3 Å². The Labute approximate surface area is 126 Å². The van der Waals surface area contributed by atoms with E-state index >= 15 is 0 Å². The lowest BCUT2D eigenvalue weighted by atomic mass is 10.1. The summed E-state index contributed by atoms with van der Waals surface area (Å²) < 4.78 is 30.2. The van der Waals surface area contributed by atoms with E-state index in [-0.39, 0.29) is 27.5 Å². The lowest BCUT2D eigenvalue weighted by molar-refractivity contribution is 0.0696. The van der Waals surface area contributed by atoms with Gasteiger partial charge < -0.3 is 9.84 Å². The monoisotopic (exact) mass is 317 g/mol. The van der Waals surface area contributed by atoms with Crippen LogP contribution in [0, 0.1) is 0 Å². The number of benzene rings is 1. The lowest BCUT2D eigenvalue weighted by Gasteiger charge is -2.06. The van der Waals surface area contributed by atoms with Crippen LogP contribution in [-0.4, -0.2) is 31.1 Å². The number of sulfone groups is 1. The van der Waals surface area contributed by atoms with Crippen molar-refractivity contribution < 1.29 is 23.1 Å². The second-order valence-electron chi connectivity index (χ2n) is 4.61. The van der Waals surface area contributed by atoms with Crippen LogP contribution in [0.15, 0.2) is 52.5 Å². The zero-order valence-corrected chi connectivity index (χ0v) is 12.1. The maximum absolute atomic E-state index is 12.4. The van der Waals surface area contributed by atoms with Gasteiger partial charge in [0.25, 0.3) is 0 Å². The summed E-state index contributed by atoms with van der Waals surface area (Å²) in [5.74, 6) is -0.731. The summed E-state index contributed by atoms with van der Waals surface area (Å²) in [5, 5.41) is 9.15. The Morgan fingerprint density at radius 1 is 1.23 bits per heavy atom. The molecule has 2 aromatic rings.